The van der Waals surface area contributed by atoms with Crippen molar-refractivity contribution in [2.75, 3.05) is 26.7 Å². The normalized spacial score (nSPS) is 37.4. The van der Waals surface area contributed by atoms with E-state index in [9.17, 15) is 4.79 Å². The van der Waals surface area contributed by atoms with Crippen molar-refractivity contribution < 1.29 is 9.28 Å². The van der Waals surface area contributed by atoms with Gasteiger partial charge < -0.3 is 9.80 Å². The molecule has 3 nitrogen and oxygen atoms in total. The molecule has 1 amide bonds. The van der Waals surface area contributed by atoms with Crippen molar-refractivity contribution in [3.8, 4) is 0 Å². The molecule has 0 saturated carbocycles. The van der Waals surface area contributed by atoms with Crippen LogP contribution in [-0.2, 0) is 4.79 Å². The van der Waals surface area contributed by atoms with Crippen molar-refractivity contribution in [1.29, 1.82) is 0 Å². The number of unbranched alkanes of at least 4 members (excludes halogenated alkanes) is 1. The topological polar surface area (TPSA) is 29.1 Å². The molecule has 1 unspecified atom stereocenters. The molecule has 0 radical (unpaired) electrons. The molecule has 3 rings (SSSR count). The van der Waals surface area contributed by atoms with E-state index >= 15 is 0 Å². The standard InChI is InChI=1S/C13H24N2O/c1-3-4-5-13(16)14-12-10-15(2)8-6-11(12)7-9-15/h11-12H,3-10H2,1-2H3/p+1. The number of piperidine rings is 3. The number of nitrogens with zero attached hydrogens (tertiary/aromatic N) is 1. The molecule has 3 fully saturated rings. The smallest absolute Gasteiger partial charge is 0.220 e. The van der Waals surface area contributed by atoms with Gasteiger partial charge in [0.25, 0.3) is 0 Å². The Morgan fingerprint density at radius 1 is 1.38 bits per heavy atom. The number of hydrogen-bond donors (Lipinski definition) is 1. The average Bonchev–Trinajstić information content (AvgIpc) is 2.26. The van der Waals surface area contributed by atoms with Crippen molar-refractivity contribution in [1.82, 2.24) is 5.32 Å². The molecule has 3 aliphatic rings. The Hall–Kier alpha value is -0.570. The summed E-state index contributed by atoms with van der Waals surface area (Å²) in [5.41, 5.74) is 0. The molecular formula is C13H25N2O+. The van der Waals surface area contributed by atoms with Gasteiger partial charge in [0.2, 0.25) is 5.91 Å². The van der Waals surface area contributed by atoms with Crippen LogP contribution in [-0.4, -0.2) is 43.1 Å². The van der Waals surface area contributed by atoms with Crippen molar-refractivity contribution in [3.63, 3.8) is 0 Å². The minimum Gasteiger partial charge on any atom is -0.347 e. The van der Waals surface area contributed by atoms with E-state index in [0.717, 1.165) is 25.3 Å². The van der Waals surface area contributed by atoms with Crippen LogP contribution < -0.4 is 5.32 Å². The highest BCUT2D eigenvalue weighted by Gasteiger charge is 2.43. The maximum absolute atomic E-state index is 11.7. The van der Waals surface area contributed by atoms with Gasteiger partial charge in [-0.1, -0.05) is 13.3 Å². The van der Waals surface area contributed by atoms with Crippen LogP contribution in [0, 0.1) is 5.92 Å². The van der Waals surface area contributed by atoms with Gasteiger partial charge in [-0.2, -0.15) is 0 Å². The van der Waals surface area contributed by atoms with Crippen LogP contribution in [0.5, 0.6) is 0 Å². The van der Waals surface area contributed by atoms with Crippen LogP contribution in [0.3, 0.4) is 0 Å². The number of likely N-dealkylation sites (N-methyl/N-ethyl adjacent to an activating group) is 1. The van der Waals surface area contributed by atoms with Crippen LogP contribution in [0.15, 0.2) is 0 Å². The molecule has 0 aromatic carbocycles. The highest BCUT2D eigenvalue weighted by Crippen LogP contribution is 2.32. The van der Waals surface area contributed by atoms with E-state index in [1.807, 2.05) is 0 Å². The van der Waals surface area contributed by atoms with Crippen LogP contribution in [0.4, 0.5) is 0 Å². The van der Waals surface area contributed by atoms with Gasteiger partial charge in [-0.05, 0) is 12.3 Å². The Kier molecular flexibility index (Phi) is 3.53. The summed E-state index contributed by atoms with van der Waals surface area (Å²) in [6.07, 6.45) is 5.44. The van der Waals surface area contributed by atoms with Crippen LogP contribution >= 0.6 is 0 Å². The summed E-state index contributed by atoms with van der Waals surface area (Å²) in [4.78, 5) is 11.7. The molecule has 92 valence electrons. The van der Waals surface area contributed by atoms with Crippen LogP contribution in [0.2, 0.25) is 0 Å². The maximum atomic E-state index is 11.7. The molecule has 1 atom stereocenters. The van der Waals surface area contributed by atoms with Crippen LogP contribution in [0.1, 0.15) is 39.0 Å². The second-order valence-electron chi connectivity index (χ2n) is 5.86. The zero-order valence-corrected chi connectivity index (χ0v) is 10.7. The van der Waals surface area contributed by atoms with Crippen molar-refractivity contribution in [3.05, 3.63) is 0 Å². The summed E-state index contributed by atoms with van der Waals surface area (Å²) in [6, 6.07) is 0.455. The first-order valence-electron chi connectivity index (χ1n) is 6.76. The lowest BCUT2D eigenvalue weighted by Crippen LogP contribution is -2.65. The van der Waals surface area contributed by atoms with Gasteiger partial charge in [0, 0.05) is 19.3 Å². The quantitative estimate of drug-likeness (QED) is 0.722. The molecule has 0 aromatic rings. The third-order valence-corrected chi connectivity index (χ3v) is 4.39. The second kappa shape index (κ2) is 4.74. The van der Waals surface area contributed by atoms with Crippen LogP contribution in [0.25, 0.3) is 0 Å². The number of nitrogens with one attached hydrogen (secondary N) is 1. The number of quaternary nitrogens is 1. The largest absolute Gasteiger partial charge is 0.347 e. The van der Waals surface area contributed by atoms with Crippen molar-refractivity contribution in [2.45, 2.75) is 45.1 Å². The highest BCUT2D eigenvalue weighted by atomic mass is 16.1. The summed E-state index contributed by atoms with van der Waals surface area (Å²) >= 11 is 0. The molecule has 0 spiro atoms. The molecule has 3 heteroatoms. The fraction of sp³-hybridized carbons (Fsp3) is 0.923. The van der Waals surface area contributed by atoms with E-state index in [2.05, 4.69) is 19.3 Å². The molecule has 3 heterocycles. The summed E-state index contributed by atoms with van der Waals surface area (Å²) in [6.45, 7) is 5.91. The van der Waals surface area contributed by atoms with E-state index in [1.54, 1.807) is 0 Å². The summed E-state index contributed by atoms with van der Waals surface area (Å²) in [5, 5.41) is 3.26. The molecule has 3 aliphatic heterocycles. The average molecular weight is 225 g/mol. The van der Waals surface area contributed by atoms with Gasteiger partial charge in [-0.25, -0.2) is 0 Å². The number of rotatable bonds is 4. The van der Waals surface area contributed by atoms with Gasteiger partial charge in [0.15, 0.2) is 0 Å². The molecule has 3 saturated heterocycles. The lowest BCUT2D eigenvalue weighted by molar-refractivity contribution is -0.925. The predicted molar refractivity (Wildman–Crippen MR) is 65.0 cm³/mol. The number of hydrogen-bond acceptors (Lipinski definition) is 1. The van der Waals surface area contributed by atoms with E-state index in [4.69, 9.17) is 0 Å². The first-order chi connectivity index (χ1) is 7.63. The van der Waals surface area contributed by atoms with E-state index < -0.39 is 0 Å². The number of amides is 1. The molecule has 2 bridgehead atoms. The minimum absolute atomic E-state index is 0.271. The monoisotopic (exact) mass is 225 g/mol. The fourth-order valence-electron chi connectivity index (χ4n) is 3.20. The second-order valence-corrected chi connectivity index (χ2v) is 5.86. The molecule has 16 heavy (non-hydrogen) atoms. The van der Waals surface area contributed by atoms with Gasteiger partial charge in [0.05, 0.1) is 32.7 Å². The van der Waals surface area contributed by atoms with E-state index in [1.165, 1.54) is 30.4 Å². The van der Waals surface area contributed by atoms with Crippen molar-refractivity contribution in [2.24, 2.45) is 5.92 Å². The lowest BCUT2D eigenvalue weighted by Gasteiger charge is -2.50. The first-order valence-corrected chi connectivity index (χ1v) is 6.76. The predicted octanol–water partition coefficient (Wildman–Crippen LogP) is 1.53. The van der Waals surface area contributed by atoms with Crippen molar-refractivity contribution >= 4 is 5.91 Å². The number of fused-ring (bicyclic) bond motifs is 3. The molecule has 0 aliphatic carbocycles. The molecule has 1 N–H and O–H groups in total. The Balaban J connectivity index is 1.84. The SMILES string of the molecule is CCCCC(=O)NC1C[N+]2(C)CCC1CC2. The Labute approximate surface area is 98.8 Å². The molecule has 0 aromatic heterocycles. The lowest BCUT2D eigenvalue weighted by atomic mass is 9.82. The zero-order chi connectivity index (χ0) is 11.6. The van der Waals surface area contributed by atoms with E-state index in [-0.39, 0.29) is 5.91 Å². The fourth-order valence-corrected chi connectivity index (χ4v) is 3.20. The number of carbonyl (C=O) groups excluding carboxylic acids is 1. The zero-order valence-electron chi connectivity index (χ0n) is 10.7. The summed E-state index contributed by atoms with van der Waals surface area (Å²) < 4.78 is 1.18. The third-order valence-electron chi connectivity index (χ3n) is 4.39. The van der Waals surface area contributed by atoms with Gasteiger partial charge in [-0.3, -0.25) is 4.79 Å². The summed E-state index contributed by atoms with van der Waals surface area (Å²) in [5.74, 6) is 1.03. The number of carbonyl (C=O) groups is 1. The molecular weight excluding hydrogens is 200 g/mol. The first kappa shape index (κ1) is 11.9. The Morgan fingerprint density at radius 3 is 2.62 bits per heavy atom. The minimum atomic E-state index is 0.271. The third kappa shape index (κ3) is 2.57. The Morgan fingerprint density at radius 2 is 2.06 bits per heavy atom. The van der Waals surface area contributed by atoms with Gasteiger partial charge in [-0.15, -0.1) is 0 Å². The summed E-state index contributed by atoms with van der Waals surface area (Å²) in [7, 11) is 2.33. The van der Waals surface area contributed by atoms with E-state index in [0.29, 0.717) is 12.5 Å². The van der Waals surface area contributed by atoms with Gasteiger partial charge >= 0.3 is 0 Å². The van der Waals surface area contributed by atoms with Gasteiger partial charge in [0.1, 0.15) is 0 Å². The Bertz CT molecular complexity index is 257. The maximum Gasteiger partial charge on any atom is 0.220 e. The highest BCUT2D eigenvalue weighted by molar-refractivity contribution is 5.76.